The molecule has 3 rings (SSSR count). The number of hydrogen-bond acceptors (Lipinski definition) is 2. The molecule has 0 aliphatic carbocycles. The van der Waals surface area contributed by atoms with Gasteiger partial charge in [0.05, 0.1) is 10.7 Å². The van der Waals surface area contributed by atoms with Crippen LogP contribution in [-0.4, -0.2) is 0 Å². The van der Waals surface area contributed by atoms with Crippen LogP contribution in [0, 0.1) is 6.92 Å². The number of ether oxygens (including phenoxy) is 1. The van der Waals surface area contributed by atoms with Crippen LogP contribution in [0.25, 0.3) is 11.0 Å². The quantitative estimate of drug-likeness (QED) is 0.672. The lowest BCUT2D eigenvalue weighted by Crippen LogP contribution is -1.95. The number of halogens is 1. The molecule has 0 fully saturated rings. The Labute approximate surface area is 120 Å². The van der Waals surface area contributed by atoms with Gasteiger partial charge in [0.25, 0.3) is 0 Å². The van der Waals surface area contributed by atoms with E-state index in [1.165, 1.54) is 0 Å². The first kappa shape index (κ1) is 12.3. The molecular weight excluding hydrogens is 304 g/mol. The summed E-state index contributed by atoms with van der Waals surface area (Å²) in [6.07, 6.45) is 1.76. The van der Waals surface area contributed by atoms with Crippen LogP contribution in [0.2, 0.25) is 0 Å². The summed E-state index contributed by atoms with van der Waals surface area (Å²) in [6.45, 7) is 2.55. The normalized spacial score (nSPS) is 10.8. The number of benzene rings is 2. The van der Waals surface area contributed by atoms with E-state index in [1.54, 1.807) is 6.26 Å². The van der Waals surface area contributed by atoms with E-state index in [0.29, 0.717) is 6.61 Å². The van der Waals surface area contributed by atoms with Crippen molar-refractivity contribution in [2.24, 2.45) is 0 Å². The first-order chi connectivity index (χ1) is 9.25. The van der Waals surface area contributed by atoms with Crippen LogP contribution in [0.1, 0.15) is 11.1 Å². The molecule has 0 amide bonds. The van der Waals surface area contributed by atoms with Gasteiger partial charge in [0, 0.05) is 10.9 Å². The highest BCUT2D eigenvalue weighted by molar-refractivity contribution is 9.10. The van der Waals surface area contributed by atoms with E-state index < -0.39 is 0 Å². The number of hydrogen-bond donors (Lipinski definition) is 0. The summed E-state index contributed by atoms with van der Waals surface area (Å²) in [5, 5.41) is 1.09. The summed E-state index contributed by atoms with van der Waals surface area (Å²) in [5.74, 6) is 0.909. The Kier molecular flexibility index (Phi) is 3.30. The van der Waals surface area contributed by atoms with Gasteiger partial charge in [-0.2, -0.15) is 0 Å². The predicted molar refractivity (Wildman–Crippen MR) is 79.4 cm³/mol. The van der Waals surface area contributed by atoms with E-state index in [1.807, 2.05) is 49.4 Å². The van der Waals surface area contributed by atoms with Gasteiger partial charge in [-0.1, -0.05) is 30.3 Å². The molecule has 1 aromatic heterocycles. The third kappa shape index (κ3) is 2.38. The van der Waals surface area contributed by atoms with E-state index in [0.717, 1.165) is 32.3 Å². The zero-order chi connectivity index (χ0) is 13.2. The maximum atomic E-state index is 5.85. The Balaban J connectivity index is 1.87. The summed E-state index contributed by atoms with van der Waals surface area (Å²) in [4.78, 5) is 0. The molecule has 0 aliphatic rings. The molecule has 3 heteroatoms. The van der Waals surface area contributed by atoms with Gasteiger partial charge in [-0.25, -0.2) is 0 Å². The van der Waals surface area contributed by atoms with Crippen molar-refractivity contribution in [1.82, 2.24) is 0 Å². The van der Waals surface area contributed by atoms with Crippen molar-refractivity contribution >= 4 is 26.9 Å². The Morgan fingerprint density at radius 3 is 2.79 bits per heavy atom. The van der Waals surface area contributed by atoms with E-state index in [2.05, 4.69) is 15.9 Å². The molecule has 19 heavy (non-hydrogen) atoms. The molecule has 0 atom stereocenters. The standard InChI is InChI=1S/C16H13BrO2/c1-11-5-2-3-8-15(11)18-9-12-10-19-16-13(12)6-4-7-14(16)17/h2-8,10H,9H2,1H3. The average Bonchev–Trinajstić information content (AvgIpc) is 2.83. The molecule has 0 spiro atoms. The maximum Gasteiger partial charge on any atom is 0.148 e. The highest BCUT2D eigenvalue weighted by atomic mass is 79.9. The number of para-hydroxylation sites is 2. The topological polar surface area (TPSA) is 22.4 Å². The van der Waals surface area contributed by atoms with Crippen molar-refractivity contribution in [1.29, 1.82) is 0 Å². The van der Waals surface area contributed by atoms with Crippen LogP contribution < -0.4 is 4.74 Å². The van der Waals surface area contributed by atoms with E-state index >= 15 is 0 Å². The van der Waals surface area contributed by atoms with Crippen LogP contribution in [0.4, 0.5) is 0 Å². The Hall–Kier alpha value is -1.74. The van der Waals surface area contributed by atoms with Crippen LogP contribution in [0.15, 0.2) is 57.6 Å². The van der Waals surface area contributed by atoms with E-state index in [4.69, 9.17) is 9.15 Å². The lowest BCUT2D eigenvalue weighted by Gasteiger charge is -2.07. The summed E-state index contributed by atoms with van der Waals surface area (Å²) in [6, 6.07) is 14.0. The molecule has 0 unspecified atom stereocenters. The molecule has 2 nitrogen and oxygen atoms in total. The average molecular weight is 317 g/mol. The van der Waals surface area contributed by atoms with E-state index in [-0.39, 0.29) is 0 Å². The molecular formula is C16H13BrO2. The van der Waals surface area contributed by atoms with Gasteiger partial charge < -0.3 is 9.15 Å². The predicted octanol–water partition coefficient (Wildman–Crippen LogP) is 5.08. The highest BCUT2D eigenvalue weighted by Crippen LogP contribution is 2.29. The smallest absolute Gasteiger partial charge is 0.148 e. The number of aryl methyl sites for hydroxylation is 1. The monoisotopic (exact) mass is 316 g/mol. The third-order valence-electron chi connectivity index (χ3n) is 3.11. The fourth-order valence-electron chi connectivity index (χ4n) is 2.06. The van der Waals surface area contributed by atoms with Crippen molar-refractivity contribution in [3.8, 4) is 5.75 Å². The molecule has 0 N–H and O–H groups in total. The largest absolute Gasteiger partial charge is 0.488 e. The van der Waals surface area contributed by atoms with Crippen molar-refractivity contribution < 1.29 is 9.15 Å². The number of furan rings is 1. The van der Waals surface area contributed by atoms with Crippen LogP contribution in [0.3, 0.4) is 0 Å². The van der Waals surface area contributed by atoms with Gasteiger partial charge in [0.15, 0.2) is 0 Å². The van der Waals surface area contributed by atoms with Gasteiger partial charge in [-0.3, -0.25) is 0 Å². The minimum atomic E-state index is 0.508. The zero-order valence-corrected chi connectivity index (χ0v) is 12.1. The lowest BCUT2D eigenvalue weighted by molar-refractivity contribution is 0.304. The van der Waals surface area contributed by atoms with Crippen molar-refractivity contribution in [3.63, 3.8) is 0 Å². The SMILES string of the molecule is Cc1ccccc1OCc1coc2c(Br)cccc12. The molecule has 0 saturated heterocycles. The molecule has 1 heterocycles. The van der Waals surface area contributed by atoms with Crippen LogP contribution in [-0.2, 0) is 6.61 Å². The summed E-state index contributed by atoms with van der Waals surface area (Å²) >= 11 is 3.48. The second kappa shape index (κ2) is 5.10. The minimum Gasteiger partial charge on any atom is -0.488 e. The summed E-state index contributed by atoms with van der Waals surface area (Å²) in [5.41, 5.74) is 3.06. The molecule has 0 bridgehead atoms. The molecule has 3 aromatic rings. The van der Waals surface area contributed by atoms with Crippen molar-refractivity contribution in [3.05, 3.63) is 64.3 Å². The first-order valence-electron chi connectivity index (χ1n) is 6.09. The Morgan fingerprint density at radius 2 is 1.95 bits per heavy atom. The molecule has 0 radical (unpaired) electrons. The number of fused-ring (bicyclic) bond motifs is 1. The molecule has 0 saturated carbocycles. The summed E-state index contributed by atoms with van der Waals surface area (Å²) in [7, 11) is 0. The molecule has 96 valence electrons. The van der Waals surface area contributed by atoms with Gasteiger partial charge in [0.1, 0.15) is 17.9 Å². The van der Waals surface area contributed by atoms with Gasteiger partial charge in [-0.15, -0.1) is 0 Å². The minimum absolute atomic E-state index is 0.508. The first-order valence-corrected chi connectivity index (χ1v) is 6.88. The van der Waals surface area contributed by atoms with Crippen molar-refractivity contribution in [2.45, 2.75) is 13.5 Å². The number of rotatable bonds is 3. The van der Waals surface area contributed by atoms with Crippen molar-refractivity contribution in [2.75, 3.05) is 0 Å². The maximum absolute atomic E-state index is 5.85. The molecule has 2 aromatic carbocycles. The van der Waals surface area contributed by atoms with Gasteiger partial charge in [0.2, 0.25) is 0 Å². The lowest BCUT2D eigenvalue weighted by atomic mass is 10.2. The van der Waals surface area contributed by atoms with Crippen LogP contribution in [0.5, 0.6) is 5.75 Å². The summed E-state index contributed by atoms with van der Waals surface area (Å²) < 4.78 is 12.4. The highest BCUT2D eigenvalue weighted by Gasteiger charge is 2.09. The van der Waals surface area contributed by atoms with Crippen LogP contribution >= 0.6 is 15.9 Å². The Bertz CT molecular complexity index is 716. The fourth-order valence-corrected chi connectivity index (χ4v) is 2.52. The Morgan fingerprint density at radius 1 is 1.11 bits per heavy atom. The zero-order valence-electron chi connectivity index (χ0n) is 10.5. The van der Waals surface area contributed by atoms with Gasteiger partial charge in [-0.05, 0) is 40.5 Å². The van der Waals surface area contributed by atoms with E-state index in [9.17, 15) is 0 Å². The second-order valence-electron chi connectivity index (χ2n) is 4.43. The molecule has 0 aliphatic heterocycles. The second-order valence-corrected chi connectivity index (χ2v) is 5.29. The van der Waals surface area contributed by atoms with Gasteiger partial charge >= 0.3 is 0 Å². The third-order valence-corrected chi connectivity index (χ3v) is 3.73. The fraction of sp³-hybridized carbons (Fsp3) is 0.125.